The third-order valence-corrected chi connectivity index (χ3v) is 3.25. The number of rotatable bonds is 4. The van der Waals surface area contributed by atoms with E-state index < -0.39 is 17.1 Å². The molecular weight excluding hydrogens is 269 g/mol. The number of hydrogen-bond acceptors (Lipinski definition) is 3. The zero-order valence-corrected chi connectivity index (χ0v) is 13.3. The minimum atomic E-state index is -1.17. The summed E-state index contributed by atoms with van der Waals surface area (Å²) < 4.78 is 18.9. The number of carbonyl (C=O) groups is 1. The van der Waals surface area contributed by atoms with E-state index in [0.29, 0.717) is 5.56 Å². The number of esters is 1. The third kappa shape index (κ3) is 4.97. The van der Waals surface area contributed by atoms with E-state index in [1.165, 1.54) is 6.07 Å². The molecular formula is C17H24FNO2. The largest absolute Gasteiger partial charge is 0.459 e. The van der Waals surface area contributed by atoms with Gasteiger partial charge >= 0.3 is 5.97 Å². The Bertz CT molecular complexity index is 530. The monoisotopic (exact) mass is 293 g/mol. The van der Waals surface area contributed by atoms with Gasteiger partial charge in [0.25, 0.3) is 0 Å². The van der Waals surface area contributed by atoms with E-state index in [0.717, 1.165) is 0 Å². The molecule has 1 rings (SSSR count). The number of benzene rings is 1. The van der Waals surface area contributed by atoms with Gasteiger partial charge in [0.15, 0.2) is 0 Å². The molecule has 1 aromatic carbocycles. The molecule has 0 fully saturated rings. The lowest BCUT2D eigenvalue weighted by Crippen LogP contribution is -2.52. The highest BCUT2D eigenvalue weighted by Gasteiger charge is 2.37. The molecule has 116 valence electrons. The van der Waals surface area contributed by atoms with Gasteiger partial charge in [0.05, 0.1) is 0 Å². The minimum absolute atomic E-state index is 0.299. The molecule has 0 aliphatic carbocycles. The Hall–Kier alpha value is -1.68. The highest BCUT2D eigenvalue weighted by molar-refractivity contribution is 5.81. The lowest BCUT2D eigenvalue weighted by atomic mass is 9.87. The summed E-state index contributed by atoms with van der Waals surface area (Å²) in [7, 11) is 0. The Morgan fingerprint density at radius 3 is 2.38 bits per heavy atom. The van der Waals surface area contributed by atoms with Gasteiger partial charge in [-0.2, -0.15) is 0 Å². The highest BCUT2D eigenvalue weighted by atomic mass is 19.1. The summed E-state index contributed by atoms with van der Waals surface area (Å²) in [5.41, 5.74) is 4.79. The molecule has 3 nitrogen and oxygen atoms in total. The molecule has 21 heavy (non-hydrogen) atoms. The van der Waals surface area contributed by atoms with Crippen LogP contribution in [0.1, 0.15) is 40.2 Å². The van der Waals surface area contributed by atoms with Crippen molar-refractivity contribution in [1.29, 1.82) is 0 Å². The summed E-state index contributed by atoms with van der Waals surface area (Å²) in [6.07, 6.45) is 3.36. The zero-order valence-electron chi connectivity index (χ0n) is 13.3. The second-order valence-corrected chi connectivity index (χ2v) is 6.45. The molecule has 0 unspecified atom stereocenters. The van der Waals surface area contributed by atoms with Gasteiger partial charge in [0.1, 0.15) is 17.0 Å². The summed E-state index contributed by atoms with van der Waals surface area (Å²) in [4.78, 5) is 12.1. The van der Waals surface area contributed by atoms with E-state index in [-0.39, 0.29) is 11.7 Å². The lowest BCUT2D eigenvalue weighted by molar-refractivity contribution is -0.162. The second kappa shape index (κ2) is 6.39. The van der Waals surface area contributed by atoms with Crippen molar-refractivity contribution < 1.29 is 13.9 Å². The standard InChI is InChI=1S/C17H24FNO2/c1-12(10-11-13-8-6-7-9-14(13)18)17(5,19)15(20)21-16(2,3)4/h6-12H,19H2,1-5H3/b11-10+/t12-,17+/m0/s1. The first-order valence-corrected chi connectivity index (χ1v) is 6.99. The fraction of sp³-hybridized carbons (Fsp3) is 0.471. The van der Waals surface area contributed by atoms with Crippen LogP contribution in [0.4, 0.5) is 4.39 Å². The molecule has 0 radical (unpaired) electrons. The van der Waals surface area contributed by atoms with E-state index >= 15 is 0 Å². The van der Waals surface area contributed by atoms with Crippen molar-refractivity contribution in [3.8, 4) is 0 Å². The van der Waals surface area contributed by atoms with Gasteiger partial charge < -0.3 is 10.5 Å². The van der Waals surface area contributed by atoms with Crippen molar-refractivity contribution in [2.75, 3.05) is 0 Å². The molecule has 1 aromatic rings. The number of ether oxygens (including phenoxy) is 1. The van der Waals surface area contributed by atoms with E-state index in [9.17, 15) is 9.18 Å². The number of hydrogen-bond donors (Lipinski definition) is 1. The molecule has 4 heteroatoms. The average Bonchev–Trinajstić information content (AvgIpc) is 2.35. The van der Waals surface area contributed by atoms with Crippen molar-refractivity contribution in [2.24, 2.45) is 11.7 Å². The van der Waals surface area contributed by atoms with Crippen LogP contribution >= 0.6 is 0 Å². The number of carbonyl (C=O) groups excluding carboxylic acids is 1. The molecule has 0 saturated heterocycles. The Labute approximate surface area is 126 Å². The minimum Gasteiger partial charge on any atom is -0.459 e. The van der Waals surface area contributed by atoms with Crippen LogP contribution in [0.25, 0.3) is 6.08 Å². The molecule has 0 spiro atoms. The van der Waals surface area contributed by atoms with Crippen molar-refractivity contribution >= 4 is 12.0 Å². The van der Waals surface area contributed by atoms with Crippen LogP contribution in [-0.4, -0.2) is 17.1 Å². The van der Waals surface area contributed by atoms with Crippen molar-refractivity contribution in [1.82, 2.24) is 0 Å². The molecule has 2 atom stereocenters. The van der Waals surface area contributed by atoms with Gasteiger partial charge in [0, 0.05) is 11.5 Å². The summed E-state index contributed by atoms with van der Waals surface area (Å²) >= 11 is 0. The highest BCUT2D eigenvalue weighted by Crippen LogP contribution is 2.22. The molecule has 0 saturated carbocycles. The molecule has 0 aliphatic rings. The molecule has 0 heterocycles. The van der Waals surface area contributed by atoms with Crippen LogP contribution in [0.15, 0.2) is 30.3 Å². The summed E-state index contributed by atoms with van der Waals surface area (Å²) in [5, 5.41) is 0. The predicted octanol–water partition coefficient (Wildman–Crippen LogP) is 3.53. The second-order valence-electron chi connectivity index (χ2n) is 6.45. The maximum Gasteiger partial charge on any atom is 0.326 e. The smallest absolute Gasteiger partial charge is 0.326 e. The van der Waals surface area contributed by atoms with Crippen LogP contribution in [0, 0.1) is 11.7 Å². The molecule has 0 amide bonds. The third-order valence-electron chi connectivity index (χ3n) is 3.25. The Morgan fingerprint density at radius 1 is 1.29 bits per heavy atom. The first kappa shape index (κ1) is 17.4. The maximum atomic E-state index is 13.5. The van der Waals surface area contributed by atoms with E-state index in [1.807, 2.05) is 0 Å². The molecule has 2 N–H and O–H groups in total. The molecule has 0 aliphatic heterocycles. The summed E-state index contributed by atoms with van der Waals surface area (Å²) in [6.45, 7) is 8.81. The normalized spacial score (nSPS) is 16.5. The summed E-state index contributed by atoms with van der Waals surface area (Å²) in [6, 6.07) is 6.44. The maximum absolute atomic E-state index is 13.5. The van der Waals surface area contributed by atoms with Gasteiger partial charge in [0.2, 0.25) is 0 Å². The van der Waals surface area contributed by atoms with Crippen LogP contribution in [0.3, 0.4) is 0 Å². The van der Waals surface area contributed by atoms with Gasteiger partial charge in [-0.3, -0.25) is 4.79 Å². The lowest BCUT2D eigenvalue weighted by Gasteiger charge is -2.31. The van der Waals surface area contributed by atoms with Gasteiger partial charge in [-0.15, -0.1) is 0 Å². The quantitative estimate of drug-likeness (QED) is 0.864. The SMILES string of the molecule is C[C@@H](/C=C/c1ccccc1F)[C@@](C)(N)C(=O)OC(C)(C)C. The average molecular weight is 293 g/mol. The fourth-order valence-electron chi connectivity index (χ4n) is 1.63. The van der Waals surface area contributed by atoms with E-state index in [4.69, 9.17) is 10.5 Å². The van der Waals surface area contributed by atoms with Crippen molar-refractivity contribution in [3.05, 3.63) is 41.7 Å². The van der Waals surface area contributed by atoms with E-state index in [2.05, 4.69) is 0 Å². The topological polar surface area (TPSA) is 52.3 Å². The fourth-order valence-corrected chi connectivity index (χ4v) is 1.63. The Balaban J connectivity index is 2.84. The van der Waals surface area contributed by atoms with Gasteiger partial charge in [-0.05, 0) is 33.8 Å². The van der Waals surface area contributed by atoms with Crippen LogP contribution in [0.2, 0.25) is 0 Å². The Morgan fingerprint density at radius 2 is 1.86 bits per heavy atom. The summed E-state index contributed by atoms with van der Waals surface area (Å²) in [5.74, 6) is -1.08. The van der Waals surface area contributed by atoms with Crippen molar-refractivity contribution in [3.63, 3.8) is 0 Å². The first-order chi connectivity index (χ1) is 9.54. The van der Waals surface area contributed by atoms with Crippen LogP contribution in [0.5, 0.6) is 0 Å². The van der Waals surface area contributed by atoms with E-state index in [1.54, 1.807) is 65.0 Å². The van der Waals surface area contributed by atoms with Crippen molar-refractivity contribution in [2.45, 2.75) is 45.8 Å². The molecule has 0 bridgehead atoms. The zero-order chi connectivity index (χ0) is 16.3. The Kier molecular flexibility index (Phi) is 5.29. The number of halogens is 1. The predicted molar refractivity (Wildman–Crippen MR) is 83.0 cm³/mol. The van der Waals surface area contributed by atoms with Crippen LogP contribution < -0.4 is 5.73 Å². The molecule has 0 aromatic heterocycles. The first-order valence-electron chi connectivity index (χ1n) is 6.99. The van der Waals surface area contributed by atoms with Gasteiger partial charge in [-0.1, -0.05) is 37.3 Å². The number of nitrogens with two attached hydrogens (primary N) is 1. The van der Waals surface area contributed by atoms with Gasteiger partial charge in [-0.25, -0.2) is 4.39 Å². The van der Waals surface area contributed by atoms with Crippen LogP contribution in [-0.2, 0) is 9.53 Å².